The number of piperazine rings is 1. The van der Waals surface area contributed by atoms with Gasteiger partial charge >= 0.3 is 0 Å². The number of Topliss-reactive ketones (excluding diaryl/α,β-unsaturated/α-hetero) is 1. The van der Waals surface area contributed by atoms with Crippen LogP contribution < -0.4 is 5.32 Å². The van der Waals surface area contributed by atoms with Crippen molar-refractivity contribution in [3.63, 3.8) is 0 Å². The number of benzene rings is 1. The summed E-state index contributed by atoms with van der Waals surface area (Å²) in [7, 11) is 2.03. The first-order valence-corrected chi connectivity index (χ1v) is 8.08. The standard InChI is InChI=1S/C17H21FN4O2.ClH/c1-11(16(23)12-4-3-5-13(18)9-12)8-15-20-17(21-24-15)14-10-19-6-7-22(14)2;/h3-5,9,11,14,19H,6-8,10H2,1-2H3;1H. The summed E-state index contributed by atoms with van der Waals surface area (Å²) in [4.78, 5) is 19.0. The molecule has 136 valence electrons. The molecular weight excluding hydrogens is 347 g/mol. The Labute approximate surface area is 152 Å². The van der Waals surface area contributed by atoms with Gasteiger partial charge in [0.25, 0.3) is 0 Å². The highest BCUT2D eigenvalue weighted by Gasteiger charge is 2.26. The molecule has 1 fully saturated rings. The molecule has 0 spiro atoms. The highest BCUT2D eigenvalue weighted by Crippen LogP contribution is 2.20. The van der Waals surface area contributed by atoms with Crippen LogP contribution in [0.4, 0.5) is 4.39 Å². The van der Waals surface area contributed by atoms with Crippen molar-refractivity contribution in [3.05, 3.63) is 47.4 Å². The predicted molar refractivity (Wildman–Crippen MR) is 93.4 cm³/mol. The van der Waals surface area contributed by atoms with Gasteiger partial charge in [-0.1, -0.05) is 24.2 Å². The van der Waals surface area contributed by atoms with Crippen molar-refractivity contribution in [1.29, 1.82) is 0 Å². The zero-order valence-corrected chi connectivity index (χ0v) is 15.1. The average molecular weight is 369 g/mol. The second-order valence-electron chi connectivity index (χ2n) is 6.23. The molecule has 1 aliphatic heterocycles. The number of nitrogens with one attached hydrogen (secondary N) is 1. The Balaban J connectivity index is 0.00000225. The fraction of sp³-hybridized carbons (Fsp3) is 0.471. The van der Waals surface area contributed by atoms with Crippen molar-refractivity contribution in [2.45, 2.75) is 19.4 Å². The molecule has 1 saturated heterocycles. The summed E-state index contributed by atoms with van der Waals surface area (Å²) in [5, 5.41) is 7.36. The van der Waals surface area contributed by atoms with E-state index in [1.807, 2.05) is 7.05 Å². The number of hydrogen-bond donors (Lipinski definition) is 1. The minimum atomic E-state index is -0.416. The van der Waals surface area contributed by atoms with Crippen LogP contribution in [0.2, 0.25) is 0 Å². The topological polar surface area (TPSA) is 71.3 Å². The molecular formula is C17H22ClFN4O2. The fourth-order valence-electron chi connectivity index (χ4n) is 2.86. The van der Waals surface area contributed by atoms with E-state index in [0.717, 1.165) is 19.6 Å². The van der Waals surface area contributed by atoms with Gasteiger partial charge in [-0.2, -0.15) is 4.98 Å². The van der Waals surface area contributed by atoms with Gasteiger partial charge in [0.15, 0.2) is 11.6 Å². The molecule has 1 aromatic heterocycles. The predicted octanol–water partition coefficient (Wildman–Crippen LogP) is 2.27. The zero-order chi connectivity index (χ0) is 17.1. The molecule has 0 aliphatic carbocycles. The average Bonchev–Trinajstić information content (AvgIpc) is 3.02. The minimum Gasteiger partial charge on any atom is -0.339 e. The monoisotopic (exact) mass is 368 g/mol. The number of halogens is 2. The smallest absolute Gasteiger partial charge is 0.227 e. The lowest BCUT2D eigenvalue weighted by molar-refractivity contribution is 0.0923. The molecule has 2 aromatic rings. The van der Waals surface area contributed by atoms with Crippen molar-refractivity contribution in [2.24, 2.45) is 5.92 Å². The summed E-state index contributed by atoms with van der Waals surface area (Å²) in [6.45, 7) is 4.42. The number of likely N-dealkylation sites (N-methyl/N-ethyl adjacent to an activating group) is 1. The first kappa shape index (κ1) is 19.5. The number of carbonyl (C=O) groups excluding carboxylic acids is 1. The second kappa shape index (κ2) is 8.51. The molecule has 2 unspecified atom stereocenters. The van der Waals surface area contributed by atoms with Crippen LogP contribution in [0.5, 0.6) is 0 Å². The van der Waals surface area contributed by atoms with Crippen molar-refractivity contribution < 1.29 is 13.7 Å². The Morgan fingerprint density at radius 2 is 2.32 bits per heavy atom. The Hall–Kier alpha value is -1.83. The maximum atomic E-state index is 13.3. The van der Waals surface area contributed by atoms with Gasteiger partial charge in [-0.25, -0.2) is 4.39 Å². The van der Waals surface area contributed by atoms with E-state index in [2.05, 4.69) is 20.4 Å². The highest BCUT2D eigenvalue weighted by atomic mass is 35.5. The molecule has 0 bridgehead atoms. The van der Waals surface area contributed by atoms with Crippen LogP contribution in [0.25, 0.3) is 0 Å². The SMILES string of the molecule is CC(Cc1nc(C2CNCCN2C)no1)C(=O)c1cccc(F)c1.Cl. The van der Waals surface area contributed by atoms with E-state index in [1.165, 1.54) is 18.2 Å². The minimum absolute atomic E-state index is 0. The molecule has 6 nitrogen and oxygen atoms in total. The summed E-state index contributed by atoms with van der Waals surface area (Å²) in [5.41, 5.74) is 0.360. The van der Waals surface area contributed by atoms with Crippen molar-refractivity contribution in [1.82, 2.24) is 20.4 Å². The summed E-state index contributed by atoms with van der Waals surface area (Å²) in [6, 6.07) is 5.79. The number of hydrogen-bond acceptors (Lipinski definition) is 6. The van der Waals surface area contributed by atoms with E-state index in [1.54, 1.807) is 13.0 Å². The van der Waals surface area contributed by atoms with Gasteiger partial charge in [0.1, 0.15) is 5.82 Å². The molecule has 0 saturated carbocycles. The Kier molecular flexibility index (Phi) is 6.64. The Bertz CT molecular complexity index is 724. The quantitative estimate of drug-likeness (QED) is 0.816. The first-order valence-electron chi connectivity index (χ1n) is 8.08. The number of rotatable bonds is 5. The summed E-state index contributed by atoms with van der Waals surface area (Å²) in [5.74, 6) is 0.153. The molecule has 8 heteroatoms. The first-order chi connectivity index (χ1) is 11.5. The number of aromatic nitrogens is 2. The van der Waals surface area contributed by atoms with Crippen molar-refractivity contribution in [2.75, 3.05) is 26.7 Å². The third-order valence-electron chi connectivity index (χ3n) is 4.33. The van der Waals surface area contributed by atoms with Gasteiger partial charge in [-0.05, 0) is 19.2 Å². The molecule has 0 radical (unpaired) electrons. The molecule has 1 aromatic carbocycles. The molecule has 25 heavy (non-hydrogen) atoms. The van der Waals surface area contributed by atoms with Crippen LogP contribution in [-0.2, 0) is 6.42 Å². The fourth-order valence-corrected chi connectivity index (χ4v) is 2.86. The lowest BCUT2D eigenvalue weighted by atomic mass is 9.96. The maximum absolute atomic E-state index is 13.3. The largest absolute Gasteiger partial charge is 0.339 e. The summed E-state index contributed by atoms with van der Waals surface area (Å²) < 4.78 is 18.6. The highest BCUT2D eigenvalue weighted by molar-refractivity contribution is 5.97. The lowest BCUT2D eigenvalue weighted by Gasteiger charge is -2.30. The third kappa shape index (κ3) is 4.62. The van der Waals surface area contributed by atoms with E-state index in [0.29, 0.717) is 23.7 Å². The van der Waals surface area contributed by atoms with Crippen molar-refractivity contribution in [3.8, 4) is 0 Å². The molecule has 3 rings (SSSR count). The van der Waals surface area contributed by atoms with Gasteiger partial charge in [-0.3, -0.25) is 9.69 Å². The van der Waals surface area contributed by atoms with E-state index in [9.17, 15) is 9.18 Å². The number of nitrogens with zero attached hydrogens (tertiary/aromatic N) is 3. The third-order valence-corrected chi connectivity index (χ3v) is 4.33. The Morgan fingerprint density at radius 3 is 3.04 bits per heavy atom. The van der Waals surface area contributed by atoms with Crippen LogP contribution in [0, 0.1) is 11.7 Å². The Morgan fingerprint density at radius 1 is 1.52 bits per heavy atom. The molecule has 0 amide bonds. The van der Waals surface area contributed by atoms with Gasteiger partial charge in [0.05, 0.1) is 6.04 Å². The van der Waals surface area contributed by atoms with Crippen LogP contribution in [-0.4, -0.2) is 47.5 Å². The normalized spacial score (nSPS) is 19.2. The van der Waals surface area contributed by atoms with Crippen molar-refractivity contribution >= 4 is 18.2 Å². The van der Waals surface area contributed by atoms with Crippen LogP contribution in [0.15, 0.2) is 28.8 Å². The van der Waals surface area contributed by atoms with Gasteiger partial charge in [-0.15, -0.1) is 12.4 Å². The molecule has 1 aliphatic rings. The van der Waals surface area contributed by atoms with Gasteiger partial charge in [0, 0.05) is 37.5 Å². The summed E-state index contributed by atoms with van der Waals surface area (Å²) >= 11 is 0. The second-order valence-corrected chi connectivity index (χ2v) is 6.23. The van der Waals surface area contributed by atoms with Crippen LogP contribution in [0.1, 0.15) is 35.0 Å². The van der Waals surface area contributed by atoms with Crippen LogP contribution >= 0.6 is 12.4 Å². The van der Waals surface area contributed by atoms with Gasteiger partial charge in [0.2, 0.25) is 5.89 Å². The van der Waals surface area contributed by atoms with E-state index in [4.69, 9.17) is 4.52 Å². The van der Waals surface area contributed by atoms with Gasteiger partial charge < -0.3 is 9.84 Å². The molecule has 2 atom stereocenters. The number of ketones is 1. The number of carbonyl (C=O) groups is 1. The van der Waals surface area contributed by atoms with Crippen LogP contribution in [0.3, 0.4) is 0 Å². The maximum Gasteiger partial charge on any atom is 0.227 e. The molecule has 1 N–H and O–H groups in total. The van der Waals surface area contributed by atoms with E-state index >= 15 is 0 Å². The molecule has 2 heterocycles. The summed E-state index contributed by atoms with van der Waals surface area (Å²) in [6.07, 6.45) is 0.339. The zero-order valence-electron chi connectivity index (χ0n) is 14.2. The van der Waals surface area contributed by atoms with E-state index in [-0.39, 0.29) is 30.2 Å². The van der Waals surface area contributed by atoms with E-state index < -0.39 is 5.82 Å². The lowest BCUT2D eigenvalue weighted by Crippen LogP contribution is -2.44.